The third kappa shape index (κ3) is 4.36. The van der Waals surface area contributed by atoms with Crippen molar-refractivity contribution in [1.82, 2.24) is 5.32 Å². The van der Waals surface area contributed by atoms with E-state index in [-0.39, 0.29) is 10.6 Å². The highest BCUT2D eigenvalue weighted by Crippen LogP contribution is 2.27. The minimum absolute atomic E-state index is 0.129. The molecule has 0 fully saturated rings. The molecular formula is C14H15F2N3O3S. The average Bonchev–Trinajstić information content (AvgIpc) is 3.15. The predicted molar refractivity (Wildman–Crippen MR) is 82.1 cm³/mol. The topological polar surface area (TPSA) is 97.4 Å². The van der Waals surface area contributed by atoms with E-state index < -0.39 is 30.8 Å². The van der Waals surface area contributed by atoms with Gasteiger partial charge in [-0.05, 0) is 30.7 Å². The van der Waals surface area contributed by atoms with Gasteiger partial charge < -0.3 is 20.8 Å². The summed E-state index contributed by atoms with van der Waals surface area (Å²) >= 11 is 0.990. The predicted octanol–water partition coefficient (Wildman–Crippen LogP) is 2.23. The van der Waals surface area contributed by atoms with Gasteiger partial charge in [-0.2, -0.15) is 0 Å². The maximum absolute atomic E-state index is 13.1. The first-order valence-corrected chi connectivity index (χ1v) is 7.45. The number of carbonyl (C=O) groups is 2. The fourth-order valence-electron chi connectivity index (χ4n) is 1.71. The van der Waals surface area contributed by atoms with Gasteiger partial charge in [0.05, 0.1) is 29.2 Å². The van der Waals surface area contributed by atoms with Crippen LogP contribution in [0.5, 0.6) is 0 Å². The lowest BCUT2D eigenvalue weighted by Crippen LogP contribution is -2.41. The van der Waals surface area contributed by atoms with Crippen molar-refractivity contribution in [3.63, 3.8) is 0 Å². The summed E-state index contributed by atoms with van der Waals surface area (Å²) in [5.41, 5.74) is 5.48. The summed E-state index contributed by atoms with van der Waals surface area (Å²) < 4.78 is 31.1. The first-order valence-electron chi connectivity index (χ1n) is 6.64. The zero-order chi connectivity index (χ0) is 17.0. The molecule has 4 N–H and O–H groups in total. The van der Waals surface area contributed by atoms with Gasteiger partial charge in [0.2, 0.25) is 0 Å². The van der Waals surface area contributed by atoms with Crippen molar-refractivity contribution >= 4 is 28.2 Å². The monoisotopic (exact) mass is 343 g/mol. The van der Waals surface area contributed by atoms with Crippen LogP contribution in [0.3, 0.4) is 0 Å². The second-order valence-corrected chi connectivity index (χ2v) is 5.85. The zero-order valence-corrected chi connectivity index (χ0v) is 13.0. The van der Waals surface area contributed by atoms with Crippen molar-refractivity contribution in [3.05, 3.63) is 40.7 Å². The van der Waals surface area contributed by atoms with Crippen molar-refractivity contribution in [2.45, 2.75) is 12.8 Å². The number of halogens is 2. The molecule has 2 aromatic heterocycles. The van der Waals surface area contributed by atoms with Crippen LogP contribution in [0.25, 0.3) is 0 Å². The molecule has 0 aliphatic rings. The number of anilines is 1. The number of carbonyl (C=O) groups excluding carboxylic acids is 2. The van der Waals surface area contributed by atoms with Crippen LogP contribution in [0.1, 0.15) is 25.8 Å². The van der Waals surface area contributed by atoms with E-state index in [1.165, 1.54) is 12.3 Å². The third-order valence-electron chi connectivity index (χ3n) is 2.91. The lowest BCUT2D eigenvalue weighted by Gasteiger charge is -2.14. The number of hydrogen-bond donors (Lipinski definition) is 3. The molecule has 124 valence electrons. The van der Waals surface area contributed by atoms with Gasteiger partial charge in [0.1, 0.15) is 0 Å². The summed E-state index contributed by atoms with van der Waals surface area (Å²) in [5.74, 6) is -4.13. The normalized spacial score (nSPS) is 11.3. The van der Waals surface area contributed by atoms with E-state index in [0.29, 0.717) is 10.6 Å². The average molecular weight is 343 g/mol. The summed E-state index contributed by atoms with van der Waals surface area (Å²) in [7, 11) is 0. The summed E-state index contributed by atoms with van der Waals surface area (Å²) in [5, 5.41) is 5.13. The largest absolute Gasteiger partial charge is 0.459 e. The van der Waals surface area contributed by atoms with Crippen molar-refractivity contribution in [3.8, 4) is 0 Å². The number of rotatable bonds is 6. The molecule has 2 rings (SSSR count). The number of hydrogen-bond acceptors (Lipinski definition) is 5. The molecule has 0 bridgehead atoms. The number of furan rings is 1. The van der Waals surface area contributed by atoms with Gasteiger partial charge in [-0.25, -0.2) is 8.78 Å². The minimum atomic E-state index is -3.16. The Bertz CT molecular complexity index is 698. The van der Waals surface area contributed by atoms with Crippen molar-refractivity contribution in [1.29, 1.82) is 0 Å². The molecule has 0 aliphatic heterocycles. The van der Waals surface area contributed by atoms with Crippen LogP contribution >= 0.6 is 11.3 Å². The van der Waals surface area contributed by atoms with E-state index in [1.54, 1.807) is 19.1 Å². The molecule has 0 aliphatic carbocycles. The fourth-order valence-corrected chi connectivity index (χ4v) is 2.70. The Labute approximate surface area is 134 Å². The molecule has 0 radical (unpaired) electrons. The van der Waals surface area contributed by atoms with Crippen LogP contribution in [-0.2, 0) is 0 Å². The van der Waals surface area contributed by atoms with Crippen LogP contribution in [0, 0.1) is 6.92 Å². The van der Waals surface area contributed by atoms with Crippen molar-refractivity contribution in [2.24, 2.45) is 5.73 Å². The minimum Gasteiger partial charge on any atom is -0.459 e. The smallest absolute Gasteiger partial charge is 0.291 e. The van der Waals surface area contributed by atoms with Crippen LogP contribution < -0.4 is 16.4 Å². The Kier molecular flexibility index (Phi) is 5.12. The van der Waals surface area contributed by atoms with Gasteiger partial charge in [-0.1, -0.05) is 0 Å². The summed E-state index contributed by atoms with van der Waals surface area (Å²) in [6.45, 7) is -0.0377. The molecule has 0 saturated carbocycles. The van der Waals surface area contributed by atoms with E-state index in [9.17, 15) is 18.4 Å². The Balaban J connectivity index is 2.03. The van der Waals surface area contributed by atoms with Gasteiger partial charge in [0, 0.05) is 0 Å². The first-order chi connectivity index (χ1) is 10.8. The number of nitrogens with two attached hydrogens (primary N) is 1. The number of amides is 2. The molecule has 0 spiro atoms. The van der Waals surface area contributed by atoms with Crippen molar-refractivity contribution in [2.75, 3.05) is 18.4 Å². The first kappa shape index (κ1) is 17.1. The molecule has 9 heteroatoms. The summed E-state index contributed by atoms with van der Waals surface area (Å²) in [6.07, 6.45) is 1.37. The molecule has 0 saturated heterocycles. The molecule has 0 unspecified atom stereocenters. The van der Waals surface area contributed by atoms with Gasteiger partial charge in [0.25, 0.3) is 17.7 Å². The van der Waals surface area contributed by atoms with E-state index >= 15 is 0 Å². The molecule has 2 heterocycles. The number of thiophene rings is 1. The highest BCUT2D eigenvalue weighted by molar-refractivity contribution is 7.18. The second-order valence-electron chi connectivity index (χ2n) is 4.80. The second kappa shape index (κ2) is 6.88. The van der Waals surface area contributed by atoms with Gasteiger partial charge >= 0.3 is 0 Å². The maximum Gasteiger partial charge on any atom is 0.291 e. The highest BCUT2D eigenvalue weighted by atomic mass is 32.1. The van der Waals surface area contributed by atoms with Crippen molar-refractivity contribution < 1.29 is 22.8 Å². The fraction of sp³-hybridized carbons (Fsp3) is 0.286. The SMILES string of the molecule is Cc1cc(NC(=O)c2ccco2)sc1C(=O)NCC(F)(F)CN. The molecule has 2 aromatic rings. The van der Waals surface area contributed by atoms with E-state index in [0.717, 1.165) is 11.3 Å². The Morgan fingerprint density at radius 1 is 1.39 bits per heavy atom. The molecule has 0 atom stereocenters. The standard InChI is InChI=1S/C14H15F2N3O3S/c1-8-5-10(19-12(20)9-3-2-4-22-9)23-11(8)13(21)18-7-14(15,16)6-17/h2-5H,6-7,17H2,1H3,(H,18,21)(H,19,20). The Hall–Kier alpha value is -2.26. The summed E-state index contributed by atoms with van der Waals surface area (Å²) in [4.78, 5) is 24.0. The highest BCUT2D eigenvalue weighted by Gasteiger charge is 2.28. The molecular weight excluding hydrogens is 328 g/mol. The van der Waals surface area contributed by atoms with Crippen LogP contribution in [0.15, 0.2) is 28.9 Å². The Morgan fingerprint density at radius 3 is 2.74 bits per heavy atom. The molecule has 23 heavy (non-hydrogen) atoms. The number of alkyl halides is 2. The van der Waals surface area contributed by atoms with Gasteiger partial charge in [0.15, 0.2) is 5.76 Å². The lowest BCUT2D eigenvalue weighted by atomic mass is 10.2. The molecule has 2 amide bonds. The number of aryl methyl sites for hydroxylation is 1. The lowest BCUT2D eigenvalue weighted by molar-refractivity contribution is 0.0119. The molecule has 6 nitrogen and oxygen atoms in total. The van der Waals surface area contributed by atoms with E-state index in [2.05, 4.69) is 10.6 Å². The Morgan fingerprint density at radius 2 is 2.13 bits per heavy atom. The van der Waals surface area contributed by atoms with E-state index in [1.807, 2.05) is 0 Å². The van der Waals surface area contributed by atoms with Gasteiger partial charge in [-0.3, -0.25) is 9.59 Å². The van der Waals surface area contributed by atoms with Crippen LogP contribution in [0.2, 0.25) is 0 Å². The van der Waals surface area contributed by atoms with Crippen LogP contribution in [-0.4, -0.2) is 30.8 Å². The van der Waals surface area contributed by atoms with Gasteiger partial charge in [-0.15, -0.1) is 11.3 Å². The third-order valence-corrected chi connectivity index (χ3v) is 4.06. The maximum atomic E-state index is 13.1. The summed E-state index contributed by atoms with van der Waals surface area (Å²) in [6, 6.07) is 4.66. The van der Waals surface area contributed by atoms with Crippen LogP contribution in [0.4, 0.5) is 13.8 Å². The zero-order valence-electron chi connectivity index (χ0n) is 12.2. The van der Waals surface area contributed by atoms with E-state index in [4.69, 9.17) is 10.2 Å². The number of nitrogens with one attached hydrogen (secondary N) is 2. The molecule has 0 aromatic carbocycles. The quantitative estimate of drug-likeness (QED) is 0.749.